The van der Waals surface area contributed by atoms with Gasteiger partial charge in [0.1, 0.15) is 12.8 Å². The van der Waals surface area contributed by atoms with Gasteiger partial charge >= 0.3 is 0 Å². The predicted molar refractivity (Wildman–Crippen MR) is 110 cm³/mol. The molecule has 0 aliphatic heterocycles. The van der Waals surface area contributed by atoms with Crippen LogP contribution in [0.3, 0.4) is 0 Å². The molecule has 9 nitrogen and oxygen atoms in total. The second kappa shape index (κ2) is 6.63. The van der Waals surface area contributed by atoms with Crippen molar-refractivity contribution in [2.75, 3.05) is 13.3 Å². The van der Waals surface area contributed by atoms with Gasteiger partial charge in [0.15, 0.2) is 5.65 Å². The largest absolute Gasteiger partial charge is 0.346 e. The number of hydrogen-bond acceptors (Lipinski definition) is 6. The standard InChI is InChI=1S/C19H19N8OP/c1-29(2,28)13-25-7-5-15(12-25)16-9-21-18-19(22-16)27(24-23-18)11-14-3-4-17-20-6-8-26(17)10-14/h3-10,12H,11,13H2,1-2H3. The van der Waals surface area contributed by atoms with Crippen molar-refractivity contribution < 1.29 is 4.57 Å². The van der Waals surface area contributed by atoms with Crippen molar-refractivity contribution in [3.63, 3.8) is 0 Å². The second-order valence-electron chi connectivity index (χ2n) is 7.51. The highest BCUT2D eigenvalue weighted by Crippen LogP contribution is 2.38. The van der Waals surface area contributed by atoms with Gasteiger partial charge in [-0.2, -0.15) is 0 Å². The maximum absolute atomic E-state index is 12.1. The number of aromatic nitrogens is 8. The highest BCUT2D eigenvalue weighted by molar-refractivity contribution is 7.61. The smallest absolute Gasteiger partial charge is 0.221 e. The Morgan fingerprint density at radius 1 is 1.07 bits per heavy atom. The molecule has 0 N–H and O–H groups in total. The van der Waals surface area contributed by atoms with E-state index in [1.54, 1.807) is 30.4 Å². The average Bonchev–Trinajstić information content (AvgIpc) is 3.40. The lowest BCUT2D eigenvalue weighted by Gasteiger charge is -2.07. The van der Waals surface area contributed by atoms with Crippen molar-refractivity contribution >= 4 is 24.1 Å². The van der Waals surface area contributed by atoms with Gasteiger partial charge in [0.2, 0.25) is 5.65 Å². The summed E-state index contributed by atoms with van der Waals surface area (Å²) in [6.07, 6.45) is 11.7. The Kier molecular flexibility index (Phi) is 4.06. The van der Waals surface area contributed by atoms with Gasteiger partial charge in [-0.05, 0) is 31.0 Å². The minimum absolute atomic E-state index is 0.499. The first kappa shape index (κ1) is 17.8. The van der Waals surface area contributed by atoms with Crippen LogP contribution in [0.25, 0.3) is 28.2 Å². The lowest BCUT2D eigenvalue weighted by atomic mass is 10.2. The Balaban J connectivity index is 1.48. The zero-order valence-electron chi connectivity index (χ0n) is 16.0. The van der Waals surface area contributed by atoms with Crippen molar-refractivity contribution in [3.05, 3.63) is 60.9 Å². The van der Waals surface area contributed by atoms with Gasteiger partial charge < -0.3 is 13.5 Å². The zero-order chi connectivity index (χ0) is 20.0. The van der Waals surface area contributed by atoms with Crippen LogP contribution >= 0.6 is 7.14 Å². The van der Waals surface area contributed by atoms with Crippen molar-refractivity contribution in [1.29, 1.82) is 0 Å². The summed E-state index contributed by atoms with van der Waals surface area (Å²) >= 11 is 0. The first-order valence-electron chi connectivity index (χ1n) is 9.13. The summed E-state index contributed by atoms with van der Waals surface area (Å²) in [6.45, 7) is 4.09. The lowest BCUT2D eigenvalue weighted by molar-refractivity contribution is 0.574. The molecule has 5 aromatic rings. The first-order chi connectivity index (χ1) is 13.9. The molecular weight excluding hydrogens is 387 g/mol. The van der Waals surface area contributed by atoms with Crippen LogP contribution in [0.15, 0.2) is 55.4 Å². The molecule has 0 fully saturated rings. The average molecular weight is 406 g/mol. The molecule has 0 unspecified atom stereocenters. The van der Waals surface area contributed by atoms with Gasteiger partial charge in [-0.3, -0.25) is 0 Å². The molecule has 0 spiro atoms. The molecule has 0 atom stereocenters. The fourth-order valence-corrected chi connectivity index (χ4v) is 4.27. The normalized spacial score (nSPS) is 12.2. The maximum atomic E-state index is 12.1. The molecule has 5 heterocycles. The van der Waals surface area contributed by atoms with Crippen LogP contribution in [0.5, 0.6) is 0 Å². The molecule has 146 valence electrons. The third-order valence-electron chi connectivity index (χ3n) is 4.56. The Hall–Kier alpha value is -3.32. The van der Waals surface area contributed by atoms with E-state index in [-0.39, 0.29) is 0 Å². The number of hydrogen-bond donors (Lipinski definition) is 0. The van der Waals surface area contributed by atoms with Crippen LogP contribution < -0.4 is 0 Å². The fraction of sp³-hybridized carbons (Fsp3) is 0.211. The van der Waals surface area contributed by atoms with E-state index in [2.05, 4.69) is 20.3 Å². The molecule has 0 aliphatic rings. The second-order valence-corrected chi connectivity index (χ2v) is 10.9. The van der Waals surface area contributed by atoms with E-state index in [0.29, 0.717) is 24.1 Å². The topological polar surface area (TPSA) is 95.8 Å². The Morgan fingerprint density at radius 3 is 2.83 bits per heavy atom. The van der Waals surface area contributed by atoms with Gasteiger partial charge in [0.05, 0.1) is 24.7 Å². The van der Waals surface area contributed by atoms with Crippen molar-refractivity contribution in [2.24, 2.45) is 0 Å². The number of pyridine rings is 1. The van der Waals surface area contributed by atoms with Crippen LogP contribution in [0.4, 0.5) is 0 Å². The van der Waals surface area contributed by atoms with Crippen LogP contribution in [0.2, 0.25) is 0 Å². The van der Waals surface area contributed by atoms with Gasteiger partial charge in [0, 0.05) is 36.5 Å². The molecule has 0 saturated carbocycles. The summed E-state index contributed by atoms with van der Waals surface area (Å²) in [4.78, 5) is 13.4. The molecule has 0 radical (unpaired) electrons. The molecule has 5 rings (SSSR count). The van der Waals surface area contributed by atoms with Crippen LogP contribution in [-0.4, -0.2) is 52.2 Å². The van der Waals surface area contributed by atoms with Gasteiger partial charge in [-0.1, -0.05) is 11.3 Å². The Morgan fingerprint density at radius 2 is 1.97 bits per heavy atom. The van der Waals surface area contributed by atoms with Crippen molar-refractivity contribution in [2.45, 2.75) is 12.8 Å². The maximum Gasteiger partial charge on any atom is 0.221 e. The van der Waals surface area contributed by atoms with E-state index in [0.717, 1.165) is 22.5 Å². The number of imidazole rings is 1. The summed E-state index contributed by atoms with van der Waals surface area (Å²) in [6, 6.07) is 5.93. The summed E-state index contributed by atoms with van der Waals surface area (Å²) in [5, 5.41) is 8.36. The van der Waals surface area contributed by atoms with E-state index >= 15 is 0 Å². The SMILES string of the molecule is CP(C)(=O)Cn1ccc(-c2cnc3nnn(Cc4ccc5nccn5c4)c3n2)c1. The molecule has 5 aromatic heterocycles. The van der Waals surface area contributed by atoms with Crippen LogP contribution in [0, 0.1) is 0 Å². The third-order valence-corrected chi connectivity index (χ3v) is 5.57. The Labute approximate surface area is 166 Å². The van der Waals surface area contributed by atoms with Gasteiger partial charge in [-0.15, -0.1) is 5.10 Å². The molecule has 0 aliphatic carbocycles. The highest BCUT2D eigenvalue weighted by Gasteiger charge is 2.13. The molecule has 0 amide bonds. The summed E-state index contributed by atoms with van der Waals surface area (Å²) < 4.78 is 17.7. The van der Waals surface area contributed by atoms with E-state index < -0.39 is 7.14 Å². The first-order valence-corrected chi connectivity index (χ1v) is 11.9. The van der Waals surface area contributed by atoms with E-state index in [9.17, 15) is 4.57 Å². The number of nitrogens with zero attached hydrogens (tertiary/aromatic N) is 8. The summed E-state index contributed by atoms with van der Waals surface area (Å²) in [5.74, 6) is 0. The molecule has 0 aromatic carbocycles. The third kappa shape index (κ3) is 3.56. The molecule has 29 heavy (non-hydrogen) atoms. The Bertz CT molecular complexity index is 1380. The summed E-state index contributed by atoms with van der Waals surface area (Å²) in [7, 11) is -2.16. The minimum Gasteiger partial charge on any atom is -0.346 e. The number of rotatable bonds is 5. The fourth-order valence-electron chi connectivity index (χ4n) is 3.31. The van der Waals surface area contributed by atoms with Crippen molar-refractivity contribution in [3.8, 4) is 11.3 Å². The summed E-state index contributed by atoms with van der Waals surface area (Å²) in [5.41, 5.74) is 4.73. The van der Waals surface area contributed by atoms with Crippen molar-refractivity contribution in [1.82, 2.24) is 38.9 Å². The van der Waals surface area contributed by atoms with Gasteiger partial charge in [0.25, 0.3) is 0 Å². The predicted octanol–water partition coefficient (Wildman–Crippen LogP) is 2.97. The number of fused-ring (bicyclic) bond motifs is 2. The quantitative estimate of drug-likeness (QED) is 0.417. The zero-order valence-corrected chi connectivity index (χ0v) is 16.9. The monoisotopic (exact) mass is 406 g/mol. The molecule has 0 saturated heterocycles. The van der Waals surface area contributed by atoms with E-state index in [4.69, 9.17) is 4.98 Å². The van der Waals surface area contributed by atoms with Crippen LogP contribution in [0.1, 0.15) is 5.56 Å². The highest BCUT2D eigenvalue weighted by atomic mass is 31.2. The lowest BCUT2D eigenvalue weighted by Crippen LogP contribution is -2.04. The van der Waals surface area contributed by atoms with Gasteiger partial charge in [-0.25, -0.2) is 19.6 Å². The molecule has 10 heteroatoms. The minimum atomic E-state index is -2.16. The van der Waals surface area contributed by atoms with E-state index in [1.807, 2.05) is 52.0 Å². The van der Waals surface area contributed by atoms with Crippen LogP contribution in [-0.2, 0) is 17.4 Å². The molecule has 0 bridgehead atoms. The van der Waals surface area contributed by atoms with E-state index in [1.165, 1.54) is 0 Å². The molecular formula is C19H19N8OP.